The Bertz CT molecular complexity index is 1260. The lowest BCUT2D eigenvalue weighted by Crippen LogP contribution is -2.20. The number of thiocarbonyl (C=S) groups is 1. The molecule has 3 aromatic carbocycles. The van der Waals surface area contributed by atoms with Crippen LogP contribution in [0.4, 0.5) is 11.4 Å². The molecule has 0 aliphatic carbocycles. The van der Waals surface area contributed by atoms with Crippen molar-refractivity contribution in [1.82, 2.24) is 9.78 Å². The lowest BCUT2D eigenvalue weighted by Gasteiger charge is -2.14. The van der Waals surface area contributed by atoms with Crippen molar-refractivity contribution in [2.24, 2.45) is 0 Å². The molecule has 0 saturated heterocycles. The van der Waals surface area contributed by atoms with Crippen LogP contribution in [-0.4, -0.2) is 22.0 Å². The highest BCUT2D eigenvalue weighted by Crippen LogP contribution is 2.27. The summed E-state index contributed by atoms with van der Waals surface area (Å²) in [5, 5.41) is 14.3. The van der Waals surface area contributed by atoms with Gasteiger partial charge < -0.3 is 15.4 Å². The Balaban J connectivity index is 1.56. The number of nitrogens with one attached hydrogen (secondary N) is 2. The molecule has 4 aromatic rings. The van der Waals surface area contributed by atoms with Crippen LogP contribution in [0.25, 0.3) is 10.8 Å². The van der Waals surface area contributed by atoms with Crippen LogP contribution in [0.15, 0.2) is 60.7 Å². The second kappa shape index (κ2) is 8.78. The molecule has 158 valence electrons. The predicted octanol–water partition coefficient (Wildman–Crippen LogP) is 5.83. The number of fused-ring (bicyclic) bond motifs is 1. The molecule has 5 nitrogen and oxygen atoms in total. The van der Waals surface area contributed by atoms with E-state index in [1.54, 1.807) is 7.11 Å². The van der Waals surface area contributed by atoms with Crippen LogP contribution in [0, 0.1) is 20.8 Å². The van der Waals surface area contributed by atoms with Gasteiger partial charge in [-0.1, -0.05) is 48.5 Å². The molecule has 31 heavy (non-hydrogen) atoms. The first-order valence-corrected chi connectivity index (χ1v) is 10.6. The smallest absolute Gasteiger partial charge is 0.175 e. The Kier molecular flexibility index (Phi) is 5.91. The summed E-state index contributed by atoms with van der Waals surface area (Å²) in [6.07, 6.45) is 0. The maximum Gasteiger partial charge on any atom is 0.175 e. The topological polar surface area (TPSA) is 51.1 Å². The molecule has 0 fully saturated rings. The minimum Gasteiger partial charge on any atom is -0.495 e. The normalized spacial score (nSPS) is 10.8. The minimum atomic E-state index is 0.500. The third-order valence-electron chi connectivity index (χ3n) is 5.42. The molecule has 6 heteroatoms. The summed E-state index contributed by atoms with van der Waals surface area (Å²) in [5.74, 6) is 0.745. The average molecular weight is 431 g/mol. The van der Waals surface area contributed by atoms with Gasteiger partial charge in [0.15, 0.2) is 5.11 Å². The second-order valence-corrected chi connectivity index (χ2v) is 8.03. The summed E-state index contributed by atoms with van der Waals surface area (Å²) in [5.41, 5.74) is 6.05. The maximum atomic E-state index is 5.58. The van der Waals surface area contributed by atoms with Crippen molar-refractivity contribution in [3.05, 3.63) is 83.2 Å². The SMILES string of the molecule is COc1ccc(C)cc1NC(=S)Nc1c(C)nn(Cc2cccc3ccccc23)c1C. The van der Waals surface area contributed by atoms with Crippen molar-refractivity contribution < 1.29 is 4.74 Å². The zero-order valence-corrected chi connectivity index (χ0v) is 19.0. The molecule has 0 spiro atoms. The van der Waals surface area contributed by atoms with E-state index in [9.17, 15) is 0 Å². The highest BCUT2D eigenvalue weighted by molar-refractivity contribution is 7.80. The van der Waals surface area contributed by atoms with Crippen molar-refractivity contribution in [3.63, 3.8) is 0 Å². The van der Waals surface area contributed by atoms with E-state index in [-0.39, 0.29) is 0 Å². The lowest BCUT2D eigenvalue weighted by atomic mass is 10.0. The Morgan fingerprint density at radius 2 is 1.77 bits per heavy atom. The van der Waals surface area contributed by atoms with Crippen molar-refractivity contribution in [3.8, 4) is 5.75 Å². The van der Waals surface area contributed by atoms with Gasteiger partial charge in [0.05, 0.1) is 36.4 Å². The van der Waals surface area contributed by atoms with E-state index in [1.807, 2.05) is 36.7 Å². The average Bonchev–Trinajstić information content (AvgIpc) is 3.01. The number of anilines is 2. The van der Waals surface area contributed by atoms with E-state index in [4.69, 9.17) is 22.1 Å². The van der Waals surface area contributed by atoms with Gasteiger partial charge in [-0.3, -0.25) is 4.68 Å². The summed E-state index contributed by atoms with van der Waals surface area (Å²) >= 11 is 5.58. The third kappa shape index (κ3) is 4.39. The Labute approximate surface area is 188 Å². The van der Waals surface area contributed by atoms with Crippen molar-refractivity contribution >= 4 is 39.5 Å². The van der Waals surface area contributed by atoms with E-state index in [1.165, 1.54) is 16.3 Å². The van der Waals surface area contributed by atoms with Gasteiger partial charge in [-0.2, -0.15) is 5.10 Å². The summed E-state index contributed by atoms with van der Waals surface area (Å²) in [6.45, 7) is 6.78. The quantitative estimate of drug-likeness (QED) is 0.390. The minimum absolute atomic E-state index is 0.500. The Hall–Kier alpha value is -3.38. The van der Waals surface area contributed by atoms with E-state index in [0.717, 1.165) is 34.1 Å². The van der Waals surface area contributed by atoms with Crippen LogP contribution in [0.5, 0.6) is 5.75 Å². The molecule has 0 radical (unpaired) electrons. The summed E-state index contributed by atoms with van der Waals surface area (Å²) in [7, 11) is 1.65. The van der Waals surface area contributed by atoms with Crippen LogP contribution in [0.3, 0.4) is 0 Å². The molecule has 0 aliphatic rings. The Morgan fingerprint density at radius 3 is 2.58 bits per heavy atom. The molecule has 0 aliphatic heterocycles. The van der Waals surface area contributed by atoms with E-state index in [2.05, 4.69) is 60.0 Å². The zero-order valence-electron chi connectivity index (χ0n) is 18.2. The number of ether oxygens (including phenoxy) is 1. The molecular weight excluding hydrogens is 404 g/mol. The number of rotatable bonds is 5. The molecule has 0 amide bonds. The molecule has 0 unspecified atom stereocenters. The van der Waals surface area contributed by atoms with Gasteiger partial charge in [0.2, 0.25) is 0 Å². The fourth-order valence-corrected chi connectivity index (χ4v) is 4.02. The van der Waals surface area contributed by atoms with E-state index < -0.39 is 0 Å². The first-order valence-electron chi connectivity index (χ1n) is 10.2. The molecule has 0 atom stereocenters. The van der Waals surface area contributed by atoms with Crippen molar-refractivity contribution in [2.45, 2.75) is 27.3 Å². The van der Waals surface area contributed by atoms with Gasteiger partial charge in [-0.15, -0.1) is 0 Å². The number of aromatic nitrogens is 2. The van der Waals surface area contributed by atoms with E-state index >= 15 is 0 Å². The third-order valence-corrected chi connectivity index (χ3v) is 5.63. The van der Waals surface area contributed by atoms with Crippen molar-refractivity contribution in [2.75, 3.05) is 17.7 Å². The molecular formula is C25H26N4OS. The first kappa shape index (κ1) is 20.9. The van der Waals surface area contributed by atoms with Gasteiger partial charge in [0.1, 0.15) is 5.75 Å². The predicted molar refractivity (Wildman–Crippen MR) is 132 cm³/mol. The number of aryl methyl sites for hydroxylation is 2. The highest BCUT2D eigenvalue weighted by Gasteiger charge is 2.15. The molecule has 1 aromatic heterocycles. The molecule has 0 saturated carbocycles. The summed E-state index contributed by atoms with van der Waals surface area (Å²) < 4.78 is 7.46. The van der Waals surface area contributed by atoms with Crippen LogP contribution < -0.4 is 15.4 Å². The maximum absolute atomic E-state index is 5.58. The summed E-state index contributed by atoms with van der Waals surface area (Å²) in [6, 6.07) is 20.8. The van der Waals surface area contributed by atoms with Gasteiger partial charge >= 0.3 is 0 Å². The second-order valence-electron chi connectivity index (χ2n) is 7.62. The fourth-order valence-electron chi connectivity index (χ4n) is 3.81. The number of benzene rings is 3. The van der Waals surface area contributed by atoms with Crippen LogP contribution in [0.1, 0.15) is 22.5 Å². The molecule has 0 bridgehead atoms. The highest BCUT2D eigenvalue weighted by atomic mass is 32.1. The zero-order chi connectivity index (χ0) is 22.0. The number of methoxy groups -OCH3 is 1. The molecule has 2 N–H and O–H groups in total. The fraction of sp³-hybridized carbons (Fsp3) is 0.200. The van der Waals surface area contributed by atoms with Crippen molar-refractivity contribution in [1.29, 1.82) is 0 Å². The van der Waals surface area contributed by atoms with Gasteiger partial charge in [0, 0.05) is 0 Å². The van der Waals surface area contributed by atoms with Gasteiger partial charge in [-0.05, 0) is 67.0 Å². The standard InChI is InChI=1S/C25H26N4OS/c1-16-12-13-23(30-4)22(14-16)26-25(31)27-24-17(2)28-29(18(24)3)15-20-10-7-9-19-8-5-6-11-21(19)20/h5-14H,15H2,1-4H3,(H2,26,27,31). The number of hydrogen-bond donors (Lipinski definition) is 2. The molecule has 4 rings (SSSR count). The lowest BCUT2D eigenvalue weighted by molar-refractivity contribution is 0.417. The summed E-state index contributed by atoms with van der Waals surface area (Å²) in [4.78, 5) is 0. The number of nitrogens with zero attached hydrogens (tertiary/aromatic N) is 2. The first-order chi connectivity index (χ1) is 15.0. The van der Waals surface area contributed by atoms with E-state index in [0.29, 0.717) is 11.7 Å². The largest absolute Gasteiger partial charge is 0.495 e. The molecule has 1 heterocycles. The van der Waals surface area contributed by atoms with Gasteiger partial charge in [-0.25, -0.2) is 0 Å². The monoisotopic (exact) mass is 430 g/mol. The van der Waals surface area contributed by atoms with Crippen LogP contribution in [-0.2, 0) is 6.54 Å². The van der Waals surface area contributed by atoms with Crippen LogP contribution >= 0.6 is 12.2 Å². The Morgan fingerprint density at radius 1 is 1.00 bits per heavy atom. The van der Waals surface area contributed by atoms with Gasteiger partial charge in [0.25, 0.3) is 0 Å². The number of hydrogen-bond acceptors (Lipinski definition) is 3. The van der Waals surface area contributed by atoms with Crippen LogP contribution in [0.2, 0.25) is 0 Å².